The standard InChI is InChI=1S/C18H14ClNO3/c1-20-15(11-5-3-2-4-6-11)14(17(22)18(20)23)16(21)12-7-9-13(19)10-8-12/h2-10,15,21H,1H3/b16-14+. The first-order valence-electron chi connectivity index (χ1n) is 7.06. The van der Waals surface area contributed by atoms with Gasteiger partial charge in [0.15, 0.2) is 0 Å². The molecule has 116 valence electrons. The van der Waals surface area contributed by atoms with Crippen molar-refractivity contribution < 1.29 is 14.7 Å². The number of likely N-dealkylation sites (N-methyl/N-ethyl adjacent to an activating group) is 1. The second-order valence-corrected chi connectivity index (χ2v) is 5.76. The summed E-state index contributed by atoms with van der Waals surface area (Å²) in [5.74, 6) is -1.51. The van der Waals surface area contributed by atoms with Crippen LogP contribution >= 0.6 is 11.6 Å². The molecule has 1 aliphatic rings. The van der Waals surface area contributed by atoms with E-state index in [2.05, 4.69) is 0 Å². The highest BCUT2D eigenvalue weighted by molar-refractivity contribution is 6.46. The van der Waals surface area contributed by atoms with E-state index in [-0.39, 0.29) is 11.3 Å². The third-order valence-corrected chi connectivity index (χ3v) is 4.16. The minimum Gasteiger partial charge on any atom is -0.507 e. The highest BCUT2D eigenvalue weighted by atomic mass is 35.5. The van der Waals surface area contributed by atoms with Crippen molar-refractivity contribution in [2.24, 2.45) is 0 Å². The van der Waals surface area contributed by atoms with E-state index in [0.717, 1.165) is 5.56 Å². The van der Waals surface area contributed by atoms with Gasteiger partial charge in [0, 0.05) is 17.6 Å². The topological polar surface area (TPSA) is 57.6 Å². The molecule has 3 rings (SSSR count). The number of nitrogens with zero attached hydrogens (tertiary/aromatic N) is 1. The van der Waals surface area contributed by atoms with Gasteiger partial charge in [-0.05, 0) is 29.8 Å². The summed E-state index contributed by atoms with van der Waals surface area (Å²) in [6, 6.07) is 15.0. The van der Waals surface area contributed by atoms with Gasteiger partial charge in [-0.2, -0.15) is 0 Å². The van der Waals surface area contributed by atoms with Crippen molar-refractivity contribution in [3.8, 4) is 0 Å². The van der Waals surface area contributed by atoms with E-state index >= 15 is 0 Å². The van der Waals surface area contributed by atoms with Gasteiger partial charge in [-0.25, -0.2) is 0 Å². The summed E-state index contributed by atoms with van der Waals surface area (Å²) in [4.78, 5) is 25.8. The third-order valence-electron chi connectivity index (χ3n) is 3.91. The van der Waals surface area contributed by atoms with E-state index < -0.39 is 17.7 Å². The first-order chi connectivity index (χ1) is 11.0. The number of hydrogen-bond donors (Lipinski definition) is 1. The molecule has 2 aromatic carbocycles. The van der Waals surface area contributed by atoms with Crippen LogP contribution in [0, 0.1) is 0 Å². The van der Waals surface area contributed by atoms with Gasteiger partial charge in [0.05, 0.1) is 11.6 Å². The first-order valence-corrected chi connectivity index (χ1v) is 7.44. The number of Topliss-reactive ketones (excluding diaryl/α,β-unsaturated/α-hetero) is 1. The molecule has 1 atom stereocenters. The SMILES string of the molecule is CN1C(=O)C(=O)/C(=C(/O)c2ccc(Cl)cc2)C1c1ccccc1. The molecule has 1 saturated heterocycles. The van der Waals surface area contributed by atoms with E-state index in [4.69, 9.17) is 11.6 Å². The van der Waals surface area contributed by atoms with Gasteiger partial charge in [-0.1, -0.05) is 41.9 Å². The quantitative estimate of drug-likeness (QED) is 0.522. The maximum absolute atomic E-state index is 12.3. The Hall–Kier alpha value is -2.59. The number of amides is 1. The lowest BCUT2D eigenvalue weighted by molar-refractivity contribution is -0.139. The number of benzene rings is 2. The zero-order valence-electron chi connectivity index (χ0n) is 12.4. The number of ketones is 1. The van der Waals surface area contributed by atoms with Crippen LogP contribution in [-0.2, 0) is 9.59 Å². The first kappa shape index (κ1) is 15.3. The Balaban J connectivity index is 2.17. The van der Waals surface area contributed by atoms with Gasteiger partial charge in [0.25, 0.3) is 11.7 Å². The minimum atomic E-state index is -0.686. The molecule has 0 radical (unpaired) electrons. The Kier molecular flexibility index (Phi) is 3.92. The fourth-order valence-corrected chi connectivity index (χ4v) is 2.86. The van der Waals surface area contributed by atoms with Crippen LogP contribution in [0.4, 0.5) is 0 Å². The maximum Gasteiger partial charge on any atom is 0.295 e. The van der Waals surface area contributed by atoms with E-state index in [0.29, 0.717) is 10.6 Å². The molecular formula is C18H14ClNO3. The second-order valence-electron chi connectivity index (χ2n) is 5.33. The van der Waals surface area contributed by atoms with Crippen LogP contribution in [0.1, 0.15) is 17.2 Å². The third kappa shape index (κ3) is 2.62. The Bertz CT molecular complexity index is 797. The highest BCUT2D eigenvalue weighted by Crippen LogP contribution is 2.38. The molecule has 1 amide bonds. The monoisotopic (exact) mass is 327 g/mol. The van der Waals surface area contributed by atoms with Crippen molar-refractivity contribution in [3.63, 3.8) is 0 Å². The van der Waals surface area contributed by atoms with E-state index in [9.17, 15) is 14.7 Å². The zero-order chi connectivity index (χ0) is 16.6. The van der Waals surface area contributed by atoms with Crippen LogP contribution in [0.25, 0.3) is 5.76 Å². The molecule has 1 unspecified atom stereocenters. The Labute approximate surface area is 138 Å². The van der Waals surface area contributed by atoms with Gasteiger partial charge in [-0.3, -0.25) is 9.59 Å². The van der Waals surface area contributed by atoms with E-state index in [1.165, 1.54) is 4.90 Å². The molecule has 0 bridgehead atoms. The normalized spacial score (nSPS) is 20.1. The molecule has 0 saturated carbocycles. The number of aliphatic hydroxyl groups is 1. The average molecular weight is 328 g/mol. The number of likely N-dealkylation sites (tertiary alicyclic amines) is 1. The van der Waals surface area contributed by atoms with E-state index in [1.807, 2.05) is 30.3 Å². The molecule has 0 aromatic heterocycles. The molecule has 0 spiro atoms. The summed E-state index contributed by atoms with van der Waals surface area (Å²) in [7, 11) is 1.56. The largest absolute Gasteiger partial charge is 0.507 e. The fourth-order valence-electron chi connectivity index (χ4n) is 2.74. The predicted molar refractivity (Wildman–Crippen MR) is 88.0 cm³/mol. The molecule has 23 heavy (non-hydrogen) atoms. The molecule has 1 heterocycles. The number of carbonyl (C=O) groups is 2. The van der Waals surface area contributed by atoms with E-state index in [1.54, 1.807) is 31.3 Å². The van der Waals surface area contributed by atoms with Crippen LogP contribution < -0.4 is 0 Å². The van der Waals surface area contributed by atoms with Gasteiger partial charge in [-0.15, -0.1) is 0 Å². The van der Waals surface area contributed by atoms with Crippen molar-refractivity contribution in [1.29, 1.82) is 0 Å². The lowest BCUT2D eigenvalue weighted by Crippen LogP contribution is -2.24. The smallest absolute Gasteiger partial charge is 0.295 e. The second kappa shape index (κ2) is 5.89. The summed E-state index contributed by atoms with van der Waals surface area (Å²) in [5.41, 5.74) is 1.30. The molecule has 1 N–H and O–H groups in total. The number of hydrogen-bond acceptors (Lipinski definition) is 3. The lowest BCUT2D eigenvalue weighted by Gasteiger charge is -2.20. The van der Waals surface area contributed by atoms with Crippen molar-refractivity contribution in [2.45, 2.75) is 6.04 Å². The average Bonchev–Trinajstić information content (AvgIpc) is 2.80. The highest BCUT2D eigenvalue weighted by Gasteiger charge is 2.44. The van der Waals surface area contributed by atoms with Crippen molar-refractivity contribution in [2.75, 3.05) is 7.05 Å². The van der Waals surface area contributed by atoms with Crippen LogP contribution in [0.2, 0.25) is 5.02 Å². The number of carbonyl (C=O) groups excluding carboxylic acids is 2. The Morgan fingerprint density at radius 3 is 2.26 bits per heavy atom. The molecule has 0 aliphatic carbocycles. The number of halogens is 1. The summed E-state index contributed by atoms with van der Waals surface area (Å²) in [6.45, 7) is 0. The van der Waals surface area contributed by atoms with Crippen molar-refractivity contribution >= 4 is 29.1 Å². The molecule has 4 nitrogen and oxygen atoms in total. The summed E-state index contributed by atoms with van der Waals surface area (Å²) in [6.07, 6.45) is 0. The minimum absolute atomic E-state index is 0.0889. The van der Waals surface area contributed by atoms with Gasteiger partial charge < -0.3 is 10.0 Å². The van der Waals surface area contributed by atoms with Crippen LogP contribution in [-0.4, -0.2) is 28.7 Å². The molecule has 1 fully saturated rings. The molecule has 5 heteroatoms. The van der Waals surface area contributed by atoms with Gasteiger partial charge in [0.2, 0.25) is 0 Å². The fraction of sp³-hybridized carbons (Fsp3) is 0.111. The zero-order valence-corrected chi connectivity index (χ0v) is 13.1. The Morgan fingerprint density at radius 2 is 1.65 bits per heavy atom. The van der Waals surface area contributed by atoms with Crippen molar-refractivity contribution in [3.05, 3.63) is 76.3 Å². The molecule has 1 aliphatic heterocycles. The maximum atomic E-state index is 12.3. The van der Waals surface area contributed by atoms with Crippen LogP contribution in [0.3, 0.4) is 0 Å². The molecule has 2 aromatic rings. The van der Waals surface area contributed by atoms with Gasteiger partial charge >= 0.3 is 0 Å². The summed E-state index contributed by atoms with van der Waals surface area (Å²) < 4.78 is 0. The van der Waals surface area contributed by atoms with Crippen molar-refractivity contribution in [1.82, 2.24) is 4.90 Å². The number of rotatable bonds is 2. The number of aliphatic hydroxyl groups excluding tert-OH is 1. The van der Waals surface area contributed by atoms with Crippen LogP contribution in [0.15, 0.2) is 60.2 Å². The summed E-state index contributed by atoms with van der Waals surface area (Å²) >= 11 is 5.85. The Morgan fingerprint density at radius 1 is 1.04 bits per heavy atom. The summed E-state index contributed by atoms with van der Waals surface area (Å²) in [5, 5.41) is 11.1. The van der Waals surface area contributed by atoms with Crippen LogP contribution in [0.5, 0.6) is 0 Å². The predicted octanol–water partition coefficient (Wildman–Crippen LogP) is 3.39. The lowest BCUT2D eigenvalue weighted by atomic mass is 9.95. The molecular weight excluding hydrogens is 314 g/mol. The van der Waals surface area contributed by atoms with Gasteiger partial charge in [0.1, 0.15) is 5.76 Å².